The molecule has 2 aliphatic rings. The van der Waals surface area contributed by atoms with Crippen molar-refractivity contribution >= 4 is 41.3 Å². The third-order valence-electron chi connectivity index (χ3n) is 6.71. The van der Waals surface area contributed by atoms with E-state index >= 15 is 0 Å². The van der Waals surface area contributed by atoms with Gasteiger partial charge in [0, 0.05) is 62.7 Å². The first kappa shape index (κ1) is 24.9. The molecule has 1 aliphatic heterocycles. The molecule has 2 heterocycles. The van der Waals surface area contributed by atoms with E-state index in [2.05, 4.69) is 56.8 Å². The quantitative estimate of drug-likeness (QED) is 0.318. The van der Waals surface area contributed by atoms with Crippen molar-refractivity contribution in [3.8, 4) is 0 Å². The molecule has 1 aliphatic carbocycles. The highest BCUT2D eigenvalue weighted by atomic mass is 127. The van der Waals surface area contributed by atoms with Crippen molar-refractivity contribution in [2.24, 2.45) is 4.99 Å². The maximum absolute atomic E-state index is 4.50. The molecule has 2 N–H and O–H groups in total. The Kier molecular flexibility index (Phi) is 10.7. The van der Waals surface area contributed by atoms with E-state index in [9.17, 15) is 0 Å². The van der Waals surface area contributed by atoms with Crippen molar-refractivity contribution in [1.29, 1.82) is 0 Å². The summed E-state index contributed by atoms with van der Waals surface area (Å²) in [4.78, 5) is 11.2. The molecule has 1 aromatic heterocycles. The van der Waals surface area contributed by atoms with Gasteiger partial charge in [0.15, 0.2) is 5.96 Å². The molecule has 0 aromatic carbocycles. The molecule has 1 saturated heterocycles. The first-order valence-corrected chi connectivity index (χ1v) is 12.0. The number of rotatable bonds is 7. The van der Waals surface area contributed by atoms with Gasteiger partial charge in [-0.15, -0.1) is 35.3 Å². The minimum Gasteiger partial charge on any atom is -0.355 e. The first-order valence-electron chi connectivity index (χ1n) is 11.1. The van der Waals surface area contributed by atoms with Crippen molar-refractivity contribution in [2.45, 2.75) is 57.4 Å². The molecule has 0 bridgehead atoms. The monoisotopic (exact) mass is 533 g/mol. The lowest BCUT2D eigenvalue weighted by molar-refractivity contribution is 0.107. The maximum Gasteiger partial charge on any atom is 0.191 e. The standard InChI is InChI=1S/C22H39N5S.HI/c1-4-26-12-14-27(15-13-26)19(2)17-24-21(23-3)25-18-22(10-6-5-7-11-22)20-9-8-16-28-20;/h8-9,16,19H,4-7,10-15,17-18H2,1-3H3,(H2,23,24,25);1H. The fourth-order valence-corrected chi connectivity index (χ4v) is 5.67. The van der Waals surface area contributed by atoms with Gasteiger partial charge in [0.25, 0.3) is 0 Å². The number of halogens is 1. The molecule has 5 nitrogen and oxygen atoms in total. The molecular formula is C22H40IN5S. The zero-order valence-electron chi connectivity index (χ0n) is 18.5. The van der Waals surface area contributed by atoms with Crippen molar-refractivity contribution < 1.29 is 0 Å². The van der Waals surface area contributed by atoms with Gasteiger partial charge in [0.05, 0.1) is 0 Å². The van der Waals surface area contributed by atoms with Crippen LogP contribution in [0.15, 0.2) is 22.5 Å². The summed E-state index contributed by atoms with van der Waals surface area (Å²) in [6.45, 7) is 12.4. The van der Waals surface area contributed by atoms with E-state index in [0.717, 1.165) is 19.0 Å². The van der Waals surface area contributed by atoms with Gasteiger partial charge in [-0.05, 0) is 37.8 Å². The number of nitrogens with one attached hydrogen (secondary N) is 2. The number of guanidine groups is 1. The molecule has 1 atom stereocenters. The summed E-state index contributed by atoms with van der Waals surface area (Å²) in [6, 6.07) is 5.05. The zero-order valence-corrected chi connectivity index (χ0v) is 21.6. The number of hydrogen-bond acceptors (Lipinski definition) is 4. The van der Waals surface area contributed by atoms with Crippen LogP contribution in [0, 0.1) is 0 Å². The molecule has 0 radical (unpaired) electrons. The Morgan fingerprint density at radius 3 is 2.48 bits per heavy atom. The summed E-state index contributed by atoms with van der Waals surface area (Å²) in [7, 11) is 1.89. The van der Waals surface area contributed by atoms with Crippen LogP contribution in [0.2, 0.25) is 0 Å². The third kappa shape index (κ3) is 6.80. The minimum atomic E-state index is 0. The largest absolute Gasteiger partial charge is 0.355 e. The average molecular weight is 534 g/mol. The molecule has 29 heavy (non-hydrogen) atoms. The Labute approximate surface area is 198 Å². The van der Waals surface area contributed by atoms with E-state index < -0.39 is 0 Å². The molecule has 7 heteroatoms. The van der Waals surface area contributed by atoms with E-state index in [1.165, 1.54) is 69.7 Å². The van der Waals surface area contributed by atoms with Gasteiger partial charge in [-0.2, -0.15) is 0 Å². The fourth-order valence-electron chi connectivity index (χ4n) is 4.69. The van der Waals surface area contributed by atoms with Crippen LogP contribution in [0.1, 0.15) is 50.8 Å². The highest BCUT2D eigenvalue weighted by Gasteiger charge is 2.35. The molecule has 1 saturated carbocycles. The molecular weight excluding hydrogens is 493 g/mol. The number of nitrogens with zero attached hydrogens (tertiary/aromatic N) is 3. The van der Waals surface area contributed by atoms with Gasteiger partial charge in [0.1, 0.15) is 0 Å². The number of aliphatic imine (C=N–C) groups is 1. The highest BCUT2D eigenvalue weighted by Crippen LogP contribution is 2.41. The molecule has 1 aromatic rings. The van der Waals surface area contributed by atoms with Gasteiger partial charge in [-0.25, -0.2) is 0 Å². The third-order valence-corrected chi connectivity index (χ3v) is 7.83. The Morgan fingerprint density at radius 1 is 1.17 bits per heavy atom. The van der Waals surface area contributed by atoms with Crippen LogP contribution in [-0.2, 0) is 5.41 Å². The van der Waals surface area contributed by atoms with Crippen molar-refractivity contribution in [3.63, 3.8) is 0 Å². The van der Waals surface area contributed by atoms with Crippen LogP contribution in [-0.4, -0.2) is 74.7 Å². The molecule has 2 fully saturated rings. The summed E-state index contributed by atoms with van der Waals surface area (Å²) in [5.41, 5.74) is 0.284. The normalized spacial score (nSPS) is 22.0. The summed E-state index contributed by atoms with van der Waals surface area (Å²) in [6.07, 6.45) is 6.63. The van der Waals surface area contributed by atoms with Crippen LogP contribution >= 0.6 is 35.3 Å². The van der Waals surface area contributed by atoms with Gasteiger partial charge in [-0.3, -0.25) is 9.89 Å². The molecule has 0 spiro atoms. The van der Waals surface area contributed by atoms with Crippen LogP contribution in [0.5, 0.6) is 0 Å². The van der Waals surface area contributed by atoms with Gasteiger partial charge >= 0.3 is 0 Å². The summed E-state index contributed by atoms with van der Waals surface area (Å²) in [5.74, 6) is 0.945. The molecule has 166 valence electrons. The van der Waals surface area contributed by atoms with Crippen LogP contribution in [0.4, 0.5) is 0 Å². The highest BCUT2D eigenvalue weighted by molar-refractivity contribution is 14.0. The Morgan fingerprint density at radius 2 is 1.90 bits per heavy atom. The zero-order chi connectivity index (χ0) is 19.8. The number of piperazine rings is 1. The SMILES string of the molecule is CCN1CCN(C(C)CNC(=NC)NCC2(c3cccs3)CCCCC2)CC1.I. The average Bonchev–Trinajstić information content (AvgIpc) is 3.30. The van der Waals surface area contributed by atoms with E-state index in [-0.39, 0.29) is 29.4 Å². The van der Waals surface area contributed by atoms with Crippen LogP contribution < -0.4 is 10.6 Å². The van der Waals surface area contributed by atoms with E-state index in [4.69, 9.17) is 0 Å². The second-order valence-corrected chi connectivity index (χ2v) is 9.39. The summed E-state index contributed by atoms with van der Waals surface area (Å²) >= 11 is 1.92. The van der Waals surface area contributed by atoms with E-state index in [0.29, 0.717) is 6.04 Å². The van der Waals surface area contributed by atoms with E-state index in [1.807, 2.05) is 18.4 Å². The number of thiophene rings is 1. The van der Waals surface area contributed by atoms with Gasteiger partial charge < -0.3 is 15.5 Å². The smallest absolute Gasteiger partial charge is 0.191 e. The van der Waals surface area contributed by atoms with Crippen molar-refractivity contribution in [3.05, 3.63) is 22.4 Å². The molecule has 0 amide bonds. The maximum atomic E-state index is 4.50. The topological polar surface area (TPSA) is 42.9 Å². The first-order chi connectivity index (χ1) is 13.7. The molecule has 3 rings (SSSR count). The number of likely N-dealkylation sites (N-methyl/N-ethyl adjacent to an activating group) is 1. The molecule has 1 unspecified atom stereocenters. The van der Waals surface area contributed by atoms with Crippen molar-refractivity contribution in [2.75, 3.05) is 52.9 Å². The lowest BCUT2D eigenvalue weighted by Gasteiger charge is -2.38. The Hall–Kier alpha value is -0.380. The Balaban J connectivity index is 0.00000300. The van der Waals surface area contributed by atoms with Gasteiger partial charge in [0.2, 0.25) is 0 Å². The lowest BCUT2D eigenvalue weighted by Crippen LogP contribution is -2.53. The van der Waals surface area contributed by atoms with Gasteiger partial charge in [-0.1, -0.05) is 32.3 Å². The second kappa shape index (κ2) is 12.5. The summed E-state index contributed by atoms with van der Waals surface area (Å²) < 4.78 is 0. The predicted octanol–water partition coefficient (Wildman–Crippen LogP) is 3.76. The van der Waals surface area contributed by atoms with Crippen LogP contribution in [0.25, 0.3) is 0 Å². The Bertz CT molecular complexity index is 592. The van der Waals surface area contributed by atoms with E-state index in [1.54, 1.807) is 0 Å². The van der Waals surface area contributed by atoms with Crippen LogP contribution in [0.3, 0.4) is 0 Å². The predicted molar refractivity (Wildman–Crippen MR) is 137 cm³/mol. The van der Waals surface area contributed by atoms with Crippen molar-refractivity contribution in [1.82, 2.24) is 20.4 Å². The second-order valence-electron chi connectivity index (χ2n) is 8.44. The lowest BCUT2D eigenvalue weighted by atomic mass is 9.73. The minimum absolute atomic E-state index is 0. The fraction of sp³-hybridized carbons (Fsp3) is 0.773. The number of hydrogen-bond donors (Lipinski definition) is 2. The summed E-state index contributed by atoms with van der Waals surface area (Å²) in [5, 5.41) is 9.46.